The first-order valence-corrected chi connectivity index (χ1v) is 19.7. The minimum Gasteiger partial charge on any atom is -0.309 e. The van der Waals surface area contributed by atoms with Gasteiger partial charge in [0.1, 0.15) is 0 Å². The van der Waals surface area contributed by atoms with Gasteiger partial charge in [0.15, 0.2) is 5.69 Å². The molecular formula is C53H29BN4. The lowest BCUT2D eigenvalue weighted by molar-refractivity contribution is 1.18. The summed E-state index contributed by atoms with van der Waals surface area (Å²) < 4.78 is 4.75. The average Bonchev–Trinajstić information content (AvgIpc) is 3.79. The molecule has 0 fully saturated rings. The minimum atomic E-state index is 0.0642. The number of hydrogen-bond acceptors (Lipinski definition) is 1. The number of para-hydroxylation sites is 2. The van der Waals surface area contributed by atoms with Crippen molar-refractivity contribution in [2.24, 2.45) is 0 Å². The lowest BCUT2D eigenvalue weighted by Crippen LogP contribution is -2.57. The molecule has 0 unspecified atom stereocenters. The van der Waals surface area contributed by atoms with Crippen LogP contribution in [0.4, 0.5) is 5.69 Å². The molecule has 0 spiro atoms. The average molecular weight is 733 g/mol. The molecule has 0 amide bonds. The van der Waals surface area contributed by atoms with E-state index in [2.05, 4.69) is 160 Å². The van der Waals surface area contributed by atoms with Crippen molar-refractivity contribution < 1.29 is 0 Å². The number of aryl methyl sites for hydroxylation is 1. The molecule has 4 heterocycles. The van der Waals surface area contributed by atoms with E-state index >= 15 is 0 Å². The van der Waals surface area contributed by atoms with Crippen LogP contribution in [0.25, 0.3) is 104 Å². The normalized spacial score (nSPS) is 12.5. The molecule has 0 saturated carbocycles. The summed E-state index contributed by atoms with van der Waals surface area (Å²) >= 11 is 0. The molecule has 2 aromatic heterocycles. The van der Waals surface area contributed by atoms with E-state index in [1.165, 1.54) is 87.3 Å². The number of nitriles is 1. The van der Waals surface area contributed by atoms with Gasteiger partial charge in [0.05, 0.1) is 40.3 Å². The third-order valence-electron chi connectivity index (χ3n) is 13.0. The third kappa shape index (κ3) is 3.88. The molecule has 58 heavy (non-hydrogen) atoms. The maximum Gasteiger partial charge on any atom is 0.244 e. The third-order valence-corrected chi connectivity index (χ3v) is 13.0. The molecule has 0 saturated heterocycles. The van der Waals surface area contributed by atoms with Crippen LogP contribution in [0.15, 0.2) is 158 Å². The van der Waals surface area contributed by atoms with Crippen molar-refractivity contribution in [3.05, 3.63) is 180 Å². The summed E-state index contributed by atoms with van der Waals surface area (Å²) in [6.45, 7) is 9.88. The van der Waals surface area contributed by atoms with E-state index in [-0.39, 0.29) is 6.71 Å². The van der Waals surface area contributed by atoms with Crippen LogP contribution < -0.4 is 16.4 Å². The zero-order valence-electron chi connectivity index (χ0n) is 31.4. The molecule has 264 valence electrons. The summed E-state index contributed by atoms with van der Waals surface area (Å²) in [4.78, 5) is 3.68. The predicted molar refractivity (Wildman–Crippen MR) is 241 cm³/mol. The number of hydrogen-bond donors (Lipinski definition) is 0. The van der Waals surface area contributed by atoms with Crippen LogP contribution in [0.5, 0.6) is 0 Å². The van der Waals surface area contributed by atoms with Gasteiger partial charge in [-0.15, -0.1) is 0 Å². The molecule has 0 N–H and O–H groups in total. The summed E-state index contributed by atoms with van der Waals surface area (Å²) in [5, 5.41) is 19.8. The first-order valence-electron chi connectivity index (χ1n) is 19.7. The summed E-state index contributed by atoms with van der Waals surface area (Å²) in [5.41, 5.74) is 18.4. The fourth-order valence-electron chi connectivity index (χ4n) is 10.8. The Morgan fingerprint density at radius 2 is 0.983 bits per heavy atom. The van der Waals surface area contributed by atoms with Gasteiger partial charge in [0, 0.05) is 32.9 Å². The molecule has 0 radical (unpaired) electrons. The Kier molecular flexibility index (Phi) is 6.02. The Balaban J connectivity index is 1.17. The minimum absolute atomic E-state index is 0.0642. The largest absolute Gasteiger partial charge is 0.309 e. The number of rotatable bonds is 2. The van der Waals surface area contributed by atoms with Gasteiger partial charge in [-0.05, 0) is 117 Å². The predicted octanol–water partition coefficient (Wildman–Crippen LogP) is 11.4. The second kappa shape index (κ2) is 11.1. The van der Waals surface area contributed by atoms with E-state index in [4.69, 9.17) is 6.57 Å². The summed E-state index contributed by atoms with van der Waals surface area (Å²) in [7, 11) is 0. The summed E-state index contributed by atoms with van der Waals surface area (Å²) in [6.07, 6.45) is 0. The van der Waals surface area contributed by atoms with E-state index in [0.29, 0.717) is 11.3 Å². The van der Waals surface area contributed by atoms with Crippen molar-refractivity contribution in [3.8, 4) is 39.7 Å². The fourth-order valence-corrected chi connectivity index (χ4v) is 10.8. The summed E-state index contributed by atoms with van der Waals surface area (Å²) in [6, 6.07) is 59.3. The smallest absolute Gasteiger partial charge is 0.244 e. The topological polar surface area (TPSA) is 38.0 Å². The lowest BCUT2D eigenvalue weighted by atomic mass is 9.31. The zero-order chi connectivity index (χ0) is 38.4. The Morgan fingerprint density at radius 1 is 0.500 bits per heavy atom. The fraction of sp³-hybridized carbons (Fsp3) is 0.0189. The summed E-state index contributed by atoms with van der Waals surface area (Å²) in [5.74, 6) is 0. The van der Waals surface area contributed by atoms with Gasteiger partial charge >= 0.3 is 0 Å². The number of benzene rings is 9. The van der Waals surface area contributed by atoms with Crippen LogP contribution in [0.1, 0.15) is 11.1 Å². The molecule has 0 aliphatic carbocycles. The van der Waals surface area contributed by atoms with E-state index in [1.807, 2.05) is 24.3 Å². The van der Waals surface area contributed by atoms with Crippen LogP contribution >= 0.6 is 0 Å². The first-order chi connectivity index (χ1) is 28.6. The second-order valence-corrected chi connectivity index (χ2v) is 15.9. The van der Waals surface area contributed by atoms with Gasteiger partial charge in [0.2, 0.25) is 6.71 Å². The number of fused-ring (bicyclic) bond motifs is 12. The second-order valence-electron chi connectivity index (χ2n) is 15.9. The van der Waals surface area contributed by atoms with E-state index in [0.717, 1.165) is 33.4 Å². The Hall–Kier alpha value is -7.86. The maximum atomic E-state index is 9.62. The molecule has 0 atom stereocenters. The highest BCUT2D eigenvalue weighted by atomic mass is 15.0. The van der Waals surface area contributed by atoms with Crippen molar-refractivity contribution in [2.45, 2.75) is 6.92 Å². The van der Waals surface area contributed by atoms with Crippen molar-refractivity contribution in [1.82, 2.24) is 9.13 Å². The van der Waals surface area contributed by atoms with Gasteiger partial charge < -0.3 is 9.13 Å². The molecule has 11 aromatic rings. The Bertz CT molecular complexity index is 3510. The SMILES string of the molecule is [C-]#[N+]c1ccc(-n2c3ccccc3c3c4cccc5c4c(cc32)-c2cc(C)cc3c2B5c2cccc4c2c-3cc2c4c3ccccc3n2-c2ccc(C#N)cc2)cc1. The van der Waals surface area contributed by atoms with Crippen LogP contribution in [-0.4, -0.2) is 15.8 Å². The van der Waals surface area contributed by atoms with Crippen molar-refractivity contribution in [3.63, 3.8) is 0 Å². The number of aromatic nitrogens is 2. The highest BCUT2D eigenvalue weighted by Crippen LogP contribution is 2.47. The molecule has 0 bridgehead atoms. The molecule has 5 heteroatoms. The van der Waals surface area contributed by atoms with Crippen LogP contribution in [0, 0.1) is 24.8 Å². The van der Waals surface area contributed by atoms with Crippen molar-refractivity contribution >= 4 is 93.9 Å². The maximum absolute atomic E-state index is 9.62. The van der Waals surface area contributed by atoms with Gasteiger partial charge in [-0.25, -0.2) is 4.85 Å². The van der Waals surface area contributed by atoms with Gasteiger partial charge in [0.25, 0.3) is 0 Å². The Morgan fingerprint density at radius 3 is 1.48 bits per heavy atom. The Labute approximate surface area is 333 Å². The molecule has 4 nitrogen and oxygen atoms in total. The molecule has 2 aliphatic heterocycles. The van der Waals surface area contributed by atoms with E-state index in [1.54, 1.807) is 0 Å². The van der Waals surface area contributed by atoms with Crippen LogP contribution in [0.3, 0.4) is 0 Å². The molecule has 2 aliphatic rings. The van der Waals surface area contributed by atoms with Crippen LogP contribution in [-0.2, 0) is 0 Å². The molecule has 9 aromatic carbocycles. The molecular weight excluding hydrogens is 703 g/mol. The molecule has 13 rings (SSSR count). The monoisotopic (exact) mass is 732 g/mol. The van der Waals surface area contributed by atoms with E-state index in [9.17, 15) is 5.26 Å². The highest BCUT2D eigenvalue weighted by molar-refractivity contribution is 7.01. The highest BCUT2D eigenvalue weighted by Gasteiger charge is 2.40. The van der Waals surface area contributed by atoms with Crippen molar-refractivity contribution in [2.75, 3.05) is 0 Å². The zero-order valence-corrected chi connectivity index (χ0v) is 31.4. The van der Waals surface area contributed by atoms with E-state index < -0.39 is 0 Å². The lowest BCUT2D eigenvalue weighted by Gasteiger charge is -2.34. The van der Waals surface area contributed by atoms with Crippen molar-refractivity contribution in [1.29, 1.82) is 5.26 Å². The van der Waals surface area contributed by atoms with Gasteiger partial charge in [-0.2, -0.15) is 5.26 Å². The quantitative estimate of drug-likeness (QED) is 0.129. The van der Waals surface area contributed by atoms with Gasteiger partial charge in [-0.3, -0.25) is 0 Å². The first kappa shape index (κ1) is 31.4. The standard InChI is InChI=1S/C53H29BN4/c1-30-25-41-39-27-47-51(35-9-3-5-15-45(35)57(47)33-21-17-31(29-55)18-22-33)37-11-7-13-43(49(37)39)54-44-14-8-12-38-50(44)40(42(26-30)53(41)54)28-48-52(38)36-10-4-6-16-46(36)58(48)34-23-19-32(56-2)20-24-34/h3-28H,1H3. The van der Waals surface area contributed by atoms with Crippen LogP contribution in [0.2, 0.25) is 0 Å². The van der Waals surface area contributed by atoms with Gasteiger partial charge in [-0.1, -0.05) is 113 Å². The number of nitrogens with zero attached hydrogens (tertiary/aromatic N) is 4.